The lowest BCUT2D eigenvalue weighted by atomic mass is 10.2. The van der Waals surface area contributed by atoms with Crippen LogP contribution in [0.1, 0.15) is 12.7 Å². The van der Waals surface area contributed by atoms with Gasteiger partial charge in [-0.2, -0.15) is 0 Å². The summed E-state index contributed by atoms with van der Waals surface area (Å²) in [7, 11) is 4.26. The molecular formula is C14H25N3O. The summed E-state index contributed by atoms with van der Waals surface area (Å²) in [5, 5.41) is 3.66. The molecule has 0 amide bonds. The summed E-state index contributed by atoms with van der Waals surface area (Å²) < 4.78 is 5.46. The van der Waals surface area contributed by atoms with Crippen molar-refractivity contribution in [3.8, 4) is 0 Å². The quantitative estimate of drug-likeness (QED) is 0.873. The van der Waals surface area contributed by atoms with E-state index in [9.17, 15) is 0 Å². The molecule has 0 spiro atoms. The molecule has 1 aromatic rings. The highest BCUT2D eigenvalue weighted by Crippen LogP contribution is 2.11. The van der Waals surface area contributed by atoms with Crippen LogP contribution in [0.2, 0.25) is 0 Å². The van der Waals surface area contributed by atoms with Gasteiger partial charge in [0.05, 0.1) is 12.8 Å². The van der Waals surface area contributed by atoms with Crippen LogP contribution in [-0.4, -0.2) is 56.1 Å². The van der Waals surface area contributed by atoms with Gasteiger partial charge < -0.3 is 14.6 Å². The lowest BCUT2D eigenvalue weighted by Crippen LogP contribution is -2.44. The molecule has 0 saturated carbocycles. The Labute approximate surface area is 110 Å². The molecule has 18 heavy (non-hydrogen) atoms. The Morgan fingerprint density at radius 3 is 2.94 bits per heavy atom. The predicted octanol–water partition coefficient (Wildman–Crippen LogP) is 1.25. The predicted molar refractivity (Wildman–Crippen MR) is 73.5 cm³/mol. The molecule has 2 unspecified atom stereocenters. The van der Waals surface area contributed by atoms with Crippen LogP contribution in [0.5, 0.6) is 0 Å². The fraction of sp³-hybridized carbons (Fsp3) is 0.714. The summed E-state index contributed by atoms with van der Waals surface area (Å²) in [5.41, 5.74) is 0. The minimum absolute atomic E-state index is 0.542. The van der Waals surface area contributed by atoms with E-state index in [-0.39, 0.29) is 0 Å². The third kappa shape index (κ3) is 4.12. The van der Waals surface area contributed by atoms with Crippen LogP contribution in [0.15, 0.2) is 22.8 Å². The first-order valence-corrected chi connectivity index (χ1v) is 6.76. The summed E-state index contributed by atoms with van der Waals surface area (Å²) >= 11 is 0. The van der Waals surface area contributed by atoms with E-state index in [4.69, 9.17) is 4.42 Å². The molecule has 0 aliphatic carbocycles. The van der Waals surface area contributed by atoms with Crippen molar-refractivity contribution in [2.75, 3.05) is 40.3 Å². The number of likely N-dealkylation sites (N-methyl/N-ethyl adjacent to an activating group) is 1. The molecule has 0 bridgehead atoms. The zero-order chi connectivity index (χ0) is 13.0. The van der Waals surface area contributed by atoms with Crippen LogP contribution in [0.25, 0.3) is 0 Å². The highest BCUT2D eigenvalue weighted by atomic mass is 16.3. The van der Waals surface area contributed by atoms with Gasteiger partial charge in [0.1, 0.15) is 5.76 Å². The number of rotatable bonds is 4. The topological polar surface area (TPSA) is 31.6 Å². The van der Waals surface area contributed by atoms with Crippen LogP contribution in [0, 0.1) is 5.92 Å². The van der Waals surface area contributed by atoms with Crippen molar-refractivity contribution in [1.29, 1.82) is 0 Å². The van der Waals surface area contributed by atoms with Crippen molar-refractivity contribution in [2.24, 2.45) is 5.92 Å². The van der Waals surface area contributed by atoms with E-state index in [2.05, 4.69) is 42.2 Å². The molecule has 4 heteroatoms. The molecule has 2 heterocycles. The van der Waals surface area contributed by atoms with Gasteiger partial charge in [0, 0.05) is 25.7 Å². The molecule has 1 fully saturated rings. The molecule has 1 aliphatic heterocycles. The molecule has 2 atom stereocenters. The third-order valence-electron chi connectivity index (χ3n) is 3.35. The first-order chi connectivity index (χ1) is 8.63. The Bertz CT molecular complexity index is 337. The maximum Gasteiger partial charge on any atom is 0.117 e. The minimum atomic E-state index is 0.542. The van der Waals surface area contributed by atoms with Gasteiger partial charge in [0.2, 0.25) is 0 Å². The average molecular weight is 251 g/mol. The number of hydrogen-bond donors (Lipinski definition) is 1. The van der Waals surface area contributed by atoms with Crippen LogP contribution >= 0.6 is 0 Å². The molecule has 102 valence electrons. The van der Waals surface area contributed by atoms with E-state index in [1.54, 1.807) is 6.26 Å². The van der Waals surface area contributed by atoms with Crippen molar-refractivity contribution in [3.63, 3.8) is 0 Å². The number of furan rings is 1. The first-order valence-electron chi connectivity index (χ1n) is 6.76. The van der Waals surface area contributed by atoms with E-state index in [1.807, 2.05) is 6.07 Å². The summed E-state index contributed by atoms with van der Waals surface area (Å²) in [6.07, 6.45) is 1.76. The van der Waals surface area contributed by atoms with E-state index in [0.717, 1.165) is 38.5 Å². The van der Waals surface area contributed by atoms with Crippen molar-refractivity contribution >= 4 is 0 Å². The zero-order valence-corrected chi connectivity index (χ0v) is 11.7. The fourth-order valence-electron chi connectivity index (χ4n) is 2.64. The standard InChI is InChI=1S/C14H25N3O/c1-12-7-15-13(9-16(2)3)10-17(8-12)11-14-5-4-6-18-14/h4-6,12-13,15H,7-11H2,1-3H3. The Kier molecular flexibility index (Phi) is 4.80. The van der Waals surface area contributed by atoms with Gasteiger partial charge >= 0.3 is 0 Å². The summed E-state index contributed by atoms with van der Waals surface area (Å²) in [6.45, 7) is 7.64. The molecule has 1 saturated heterocycles. The maximum absolute atomic E-state index is 5.46. The second-order valence-corrected chi connectivity index (χ2v) is 5.75. The van der Waals surface area contributed by atoms with Gasteiger partial charge in [0.15, 0.2) is 0 Å². The second-order valence-electron chi connectivity index (χ2n) is 5.75. The van der Waals surface area contributed by atoms with Crippen molar-refractivity contribution < 1.29 is 4.42 Å². The van der Waals surface area contributed by atoms with E-state index < -0.39 is 0 Å². The molecule has 2 rings (SSSR count). The molecule has 1 N–H and O–H groups in total. The third-order valence-corrected chi connectivity index (χ3v) is 3.35. The van der Waals surface area contributed by atoms with Gasteiger partial charge in [-0.15, -0.1) is 0 Å². The van der Waals surface area contributed by atoms with E-state index >= 15 is 0 Å². The number of nitrogens with zero attached hydrogens (tertiary/aromatic N) is 2. The monoisotopic (exact) mass is 251 g/mol. The lowest BCUT2D eigenvalue weighted by Gasteiger charge is -2.25. The Balaban J connectivity index is 1.94. The largest absolute Gasteiger partial charge is 0.468 e. The zero-order valence-electron chi connectivity index (χ0n) is 11.7. The van der Waals surface area contributed by atoms with Crippen LogP contribution in [0.4, 0.5) is 0 Å². The Morgan fingerprint density at radius 1 is 1.44 bits per heavy atom. The van der Waals surface area contributed by atoms with Crippen LogP contribution in [0.3, 0.4) is 0 Å². The fourth-order valence-corrected chi connectivity index (χ4v) is 2.64. The van der Waals surface area contributed by atoms with Crippen LogP contribution < -0.4 is 5.32 Å². The normalized spacial score (nSPS) is 26.4. The average Bonchev–Trinajstić information content (AvgIpc) is 2.71. The van der Waals surface area contributed by atoms with Gasteiger partial charge in [-0.05, 0) is 38.7 Å². The van der Waals surface area contributed by atoms with Crippen molar-refractivity contribution in [1.82, 2.24) is 15.1 Å². The van der Waals surface area contributed by atoms with Gasteiger partial charge in [-0.3, -0.25) is 4.90 Å². The lowest BCUT2D eigenvalue weighted by molar-refractivity contribution is 0.210. The highest BCUT2D eigenvalue weighted by Gasteiger charge is 2.22. The minimum Gasteiger partial charge on any atom is -0.468 e. The Morgan fingerprint density at radius 2 is 2.28 bits per heavy atom. The molecule has 4 nitrogen and oxygen atoms in total. The molecule has 0 radical (unpaired) electrons. The van der Waals surface area contributed by atoms with E-state index in [1.165, 1.54) is 0 Å². The molecule has 1 aromatic heterocycles. The van der Waals surface area contributed by atoms with Crippen molar-refractivity contribution in [2.45, 2.75) is 19.5 Å². The SMILES string of the molecule is CC1CNC(CN(C)C)CN(Cc2ccco2)C1. The van der Waals surface area contributed by atoms with Crippen molar-refractivity contribution in [3.05, 3.63) is 24.2 Å². The Hall–Kier alpha value is -0.840. The maximum atomic E-state index is 5.46. The number of nitrogens with one attached hydrogen (secondary N) is 1. The summed E-state index contributed by atoms with van der Waals surface area (Å²) in [6, 6.07) is 4.57. The second kappa shape index (κ2) is 6.36. The van der Waals surface area contributed by atoms with E-state index in [0.29, 0.717) is 12.0 Å². The summed E-state index contributed by atoms with van der Waals surface area (Å²) in [5.74, 6) is 1.75. The smallest absolute Gasteiger partial charge is 0.117 e. The van der Waals surface area contributed by atoms with Gasteiger partial charge in [-0.1, -0.05) is 6.92 Å². The molecule has 0 aromatic carbocycles. The number of hydrogen-bond acceptors (Lipinski definition) is 4. The first kappa shape index (κ1) is 13.6. The van der Waals surface area contributed by atoms with Gasteiger partial charge in [0.25, 0.3) is 0 Å². The molecule has 1 aliphatic rings. The highest BCUT2D eigenvalue weighted by molar-refractivity contribution is 4.98. The van der Waals surface area contributed by atoms with Gasteiger partial charge in [-0.25, -0.2) is 0 Å². The molecular weight excluding hydrogens is 226 g/mol. The van der Waals surface area contributed by atoms with Crippen LogP contribution in [-0.2, 0) is 6.54 Å². The summed E-state index contributed by atoms with van der Waals surface area (Å²) in [4.78, 5) is 4.75.